The van der Waals surface area contributed by atoms with E-state index in [0.717, 1.165) is 73.1 Å². The topological polar surface area (TPSA) is 100 Å². The maximum absolute atomic E-state index is 13.7. The van der Waals surface area contributed by atoms with Crippen LogP contribution in [0.1, 0.15) is 75.5 Å². The van der Waals surface area contributed by atoms with Crippen molar-refractivity contribution in [1.29, 1.82) is 0 Å². The predicted octanol–water partition coefficient (Wildman–Crippen LogP) is 3.08. The second-order valence-corrected chi connectivity index (χ2v) is 12.2. The lowest BCUT2D eigenvalue weighted by Gasteiger charge is -2.35. The largest absolute Gasteiger partial charge is 0.336 e. The number of nitrogens with zero attached hydrogens (tertiary/aromatic N) is 5. The Bertz CT molecular complexity index is 1490. The van der Waals surface area contributed by atoms with Gasteiger partial charge in [-0.1, -0.05) is 6.42 Å². The summed E-state index contributed by atoms with van der Waals surface area (Å²) in [5, 5.41) is 4.03. The van der Waals surface area contributed by atoms with Crippen LogP contribution in [-0.4, -0.2) is 69.4 Å². The molecule has 1 aliphatic carbocycles. The molecule has 1 N–H and O–H groups in total. The summed E-state index contributed by atoms with van der Waals surface area (Å²) >= 11 is 1.41. The van der Waals surface area contributed by atoms with Crippen LogP contribution in [0.25, 0.3) is 10.2 Å². The van der Waals surface area contributed by atoms with E-state index in [2.05, 4.69) is 34.3 Å². The number of carbonyl (C=O) groups is 2. The van der Waals surface area contributed by atoms with Crippen molar-refractivity contribution in [1.82, 2.24) is 29.7 Å². The molecule has 5 heterocycles. The van der Waals surface area contributed by atoms with E-state index >= 15 is 0 Å². The molecule has 200 valence electrons. The van der Waals surface area contributed by atoms with Gasteiger partial charge in [-0.05, 0) is 83.7 Å². The Morgan fingerprint density at radius 3 is 2.68 bits per heavy atom. The van der Waals surface area contributed by atoms with Gasteiger partial charge in [0.05, 0.1) is 10.6 Å². The molecule has 6 rings (SSSR count). The standard InChI is InChI=1S/C28H34N6O3S/c1-17-13-18(26(36)34-23(17)24(35)31-28(34)10-5-4-6-11-28)7-8-21-20-14-22(38-25(20)30-16-29-21)27(37)33-12-9-19(15-33)32(2)3/h13-14,16,19H,4-12,15H2,1-3H3,(H,31,35)/t19-/m0/s1. The van der Waals surface area contributed by atoms with Crippen LogP contribution in [-0.2, 0) is 18.5 Å². The summed E-state index contributed by atoms with van der Waals surface area (Å²) < 4.78 is 1.76. The predicted molar refractivity (Wildman–Crippen MR) is 147 cm³/mol. The zero-order valence-electron chi connectivity index (χ0n) is 22.2. The van der Waals surface area contributed by atoms with Gasteiger partial charge in [0.15, 0.2) is 0 Å². The average Bonchev–Trinajstić information content (AvgIpc) is 3.62. The van der Waals surface area contributed by atoms with Crippen LogP contribution in [0.2, 0.25) is 0 Å². The van der Waals surface area contributed by atoms with Crippen molar-refractivity contribution in [3.05, 3.63) is 56.2 Å². The third-order valence-electron chi connectivity index (χ3n) is 8.57. The van der Waals surface area contributed by atoms with Crippen LogP contribution >= 0.6 is 11.3 Å². The van der Waals surface area contributed by atoms with E-state index in [4.69, 9.17) is 0 Å². The third-order valence-corrected chi connectivity index (χ3v) is 9.60. The molecule has 1 atom stereocenters. The molecule has 9 nitrogen and oxygen atoms in total. The monoisotopic (exact) mass is 534 g/mol. The lowest BCUT2D eigenvalue weighted by Crippen LogP contribution is -2.49. The Kier molecular flexibility index (Phi) is 6.34. The molecular weight excluding hydrogens is 500 g/mol. The lowest BCUT2D eigenvalue weighted by atomic mass is 9.89. The number of fused-ring (bicyclic) bond motifs is 3. The van der Waals surface area contributed by atoms with Gasteiger partial charge in [0.2, 0.25) is 0 Å². The number of amides is 2. The van der Waals surface area contributed by atoms with Crippen molar-refractivity contribution < 1.29 is 9.59 Å². The number of aryl methyl sites for hydroxylation is 3. The van der Waals surface area contributed by atoms with Gasteiger partial charge in [0, 0.05) is 30.1 Å². The minimum atomic E-state index is -0.589. The van der Waals surface area contributed by atoms with Gasteiger partial charge >= 0.3 is 0 Å². The van der Waals surface area contributed by atoms with E-state index in [1.165, 1.54) is 11.3 Å². The summed E-state index contributed by atoms with van der Waals surface area (Å²) in [7, 11) is 4.11. The molecule has 38 heavy (non-hydrogen) atoms. The summed E-state index contributed by atoms with van der Waals surface area (Å²) in [5.41, 5.74) is 2.19. The maximum atomic E-state index is 13.7. The second-order valence-electron chi connectivity index (χ2n) is 11.2. The average molecular weight is 535 g/mol. The number of hydrogen-bond donors (Lipinski definition) is 1. The zero-order valence-corrected chi connectivity index (χ0v) is 23.1. The van der Waals surface area contributed by atoms with Crippen LogP contribution in [0.3, 0.4) is 0 Å². The number of likely N-dealkylation sites (tertiary alicyclic amines) is 1. The molecule has 0 bridgehead atoms. The van der Waals surface area contributed by atoms with Crippen LogP contribution in [0, 0.1) is 6.92 Å². The van der Waals surface area contributed by atoms with Gasteiger partial charge in [-0.3, -0.25) is 19.0 Å². The molecule has 0 radical (unpaired) electrons. The number of aromatic nitrogens is 3. The molecule has 1 saturated carbocycles. The number of rotatable bonds is 5. The van der Waals surface area contributed by atoms with Crippen molar-refractivity contribution in [3.8, 4) is 0 Å². The highest BCUT2D eigenvalue weighted by Gasteiger charge is 2.45. The minimum Gasteiger partial charge on any atom is -0.336 e. The SMILES string of the molecule is Cc1cc(CCc2ncnc3sc(C(=O)N4CC[C@H](N(C)C)C4)cc23)c(=O)n2c1C(=O)NC21CCCCC1. The molecule has 0 unspecified atom stereocenters. The second kappa shape index (κ2) is 9.57. The molecule has 2 amide bonds. The summed E-state index contributed by atoms with van der Waals surface area (Å²) in [4.78, 5) is 54.3. The molecule has 10 heteroatoms. The highest BCUT2D eigenvalue weighted by Crippen LogP contribution is 2.37. The quantitative estimate of drug-likeness (QED) is 0.540. The van der Waals surface area contributed by atoms with Crippen LogP contribution in [0.15, 0.2) is 23.3 Å². The summed E-state index contributed by atoms with van der Waals surface area (Å²) in [6.45, 7) is 3.41. The van der Waals surface area contributed by atoms with Crippen LogP contribution in [0.5, 0.6) is 0 Å². The number of pyridine rings is 1. The van der Waals surface area contributed by atoms with Gasteiger partial charge in [-0.2, -0.15) is 0 Å². The minimum absolute atomic E-state index is 0.0470. The van der Waals surface area contributed by atoms with E-state index in [9.17, 15) is 14.4 Å². The van der Waals surface area contributed by atoms with Crippen LogP contribution < -0.4 is 10.9 Å². The molecule has 1 saturated heterocycles. The van der Waals surface area contributed by atoms with Crippen molar-refractivity contribution in [3.63, 3.8) is 0 Å². The van der Waals surface area contributed by atoms with Crippen molar-refractivity contribution in [2.45, 2.75) is 70.0 Å². The highest BCUT2D eigenvalue weighted by molar-refractivity contribution is 7.20. The highest BCUT2D eigenvalue weighted by atomic mass is 32.1. The van der Waals surface area contributed by atoms with Gasteiger partial charge in [-0.25, -0.2) is 9.97 Å². The fraction of sp³-hybridized carbons (Fsp3) is 0.536. The number of hydrogen-bond acceptors (Lipinski definition) is 7. The Hall–Kier alpha value is -3.11. The molecular formula is C28H34N6O3S. The Labute approximate surface area is 225 Å². The molecule has 3 aromatic rings. The van der Waals surface area contributed by atoms with Crippen molar-refractivity contribution in [2.24, 2.45) is 0 Å². The first-order chi connectivity index (χ1) is 18.3. The molecule has 3 aromatic heterocycles. The molecule has 3 aliphatic rings. The number of likely N-dealkylation sites (N-methyl/N-ethyl adjacent to an activating group) is 1. The summed E-state index contributed by atoms with van der Waals surface area (Å²) in [6, 6.07) is 4.17. The van der Waals surface area contributed by atoms with Crippen LogP contribution in [0.4, 0.5) is 0 Å². The van der Waals surface area contributed by atoms with E-state index in [1.807, 2.05) is 24.0 Å². The Morgan fingerprint density at radius 1 is 1.16 bits per heavy atom. The van der Waals surface area contributed by atoms with Gasteiger partial charge in [0.25, 0.3) is 17.4 Å². The first-order valence-corrected chi connectivity index (χ1v) is 14.4. The summed E-state index contributed by atoms with van der Waals surface area (Å²) in [6.07, 6.45) is 8.29. The smallest absolute Gasteiger partial charge is 0.270 e. The van der Waals surface area contributed by atoms with Gasteiger partial charge in [-0.15, -0.1) is 11.3 Å². The van der Waals surface area contributed by atoms with E-state index < -0.39 is 5.66 Å². The van der Waals surface area contributed by atoms with Gasteiger partial charge < -0.3 is 15.1 Å². The van der Waals surface area contributed by atoms with Crippen molar-refractivity contribution in [2.75, 3.05) is 27.2 Å². The van der Waals surface area contributed by atoms with Crippen molar-refractivity contribution >= 4 is 33.4 Å². The first-order valence-electron chi connectivity index (χ1n) is 13.5. The van der Waals surface area contributed by atoms with E-state index in [0.29, 0.717) is 35.0 Å². The summed E-state index contributed by atoms with van der Waals surface area (Å²) in [5.74, 6) is -0.0957. The number of thiophene rings is 1. The van der Waals surface area contributed by atoms with E-state index in [1.54, 1.807) is 10.9 Å². The lowest BCUT2D eigenvalue weighted by molar-refractivity contribution is 0.0787. The molecule has 2 fully saturated rings. The first kappa shape index (κ1) is 25.2. The van der Waals surface area contributed by atoms with E-state index in [-0.39, 0.29) is 17.4 Å². The Morgan fingerprint density at radius 2 is 1.95 bits per heavy atom. The third kappa shape index (κ3) is 4.14. The molecule has 0 aromatic carbocycles. The number of carbonyl (C=O) groups excluding carboxylic acids is 2. The normalized spacial score (nSPS) is 20.5. The number of nitrogens with one attached hydrogen (secondary N) is 1. The zero-order chi connectivity index (χ0) is 26.6. The molecule has 1 spiro atoms. The fourth-order valence-electron chi connectivity index (χ4n) is 6.46. The van der Waals surface area contributed by atoms with Gasteiger partial charge in [0.1, 0.15) is 22.5 Å². The fourth-order valence-corrected chi connectivity index (χ4v) is 7.45. The molecule has 2 aliphatic heterocycles. The maximum Gasteiger partial charge on any atom is 0.270 e. The Balaban J connectivity index is 1.27.